The van der Waals surface area contributed by atoms with Gasteiger partial charge >= 0.3 is 0 Å². The quantitative estimate of drug-likeness (QED) is 0.873. The van der Waals surface area contributed by atoms with E-state index < -0.39 is 0 Å². The van der Waals surface area contributed by atoms with Gasteiger partial charge in [-0.25, -0.2) is 4.98 Å². The average Bonchev–Trinajstić information content (AvgIpc) is 3.05. The lowest BCUT2D eigenvalue weighted by Gasteiger charge is -2.21. The van der Waals surface area contributed by atoms with Crippen LogP contribution < -0.4 is 10.6 Å². The number of carbonyl (C=O) groups excluding carboxylic acids is 1. The van der Waals surface area contributed by atoms with Crippen molar-refractivity contribution in [1.29, 1.82) is 0 Å². The van der Waals surface area contributed by atoms with Crippen LogP contribution in [0.4, 0.5) is 5.82 Å². The topological polar surface area (TPSA) is 57.3 Å². The molecule has 0 spiro atoms. The number of pyridine rings is 1. The van der Waals surface area contributed by atoms with Crippen LogP contribution in [0.25, 0.3) is 0 Å². The monoisotopic (exact) mass is 274 g/mol. The molecule has 20 heavy (non-hydrogen) atoms. The van der Waals surface area contributed by atoms with Gasteiger partial charge < -0.3 is 10.6 Å². The fourth-order valence-electron chi connectivity index (χ4n) is 3.32. The number of hydrogen-bond donors (Lipinski definition) is 2. The first-order valence-electron chi connectivity index (χ1n) is 7.53. The number of hydrogen-bond acceptors (Lipinski definition) is 4. The van der Waals surface area contributed by atoms with E-state index in [4.69, 9.17) is 0 Å². The molecule has 0 radical (unpaired) electrons. The standard InChI is InChI=1S/C15H22N4O/c1-2-16-14-6-5-11(10-17-14)15(20)18-12-7-9-19-8-3-4-13(12)19/h5-6,10,12-13H,2-4,7-9H2,1H3,(H,16,17)(H,18,20). The third kappa shape index (κ3) is 2.63. The minimum absolute atomic E-state index is 0.000650. The lowest BCUT2D eigenvalue weighted by molar-refractivity contribution is 0.0929. The molecule has 5 heteroatoms. The van der Waals surface area contributed by atoms with Crippen LogP contribution in [0, 0.1) is 0 Å². The Labute approximate surface area is 119 Å². The fraction of sp³-hybridized carbons (Fsp3) is 0.600. The normalized spacial score (nSPS) is 25.4. The van der Waals surface area contributed by atoms with Gasteiger partial charge in [-0.05, 0) is 44.9 Å². The Morgan fingerprint density at radius 1 is 1.40 bits per heavy atom. The molecule has 3 rings (SSSR count). The molecule has 3 heterocycles. The summed E-state index contributed by atoms with van der Waals surface area (Å²) in [6.45, 7) is 5.16. The SMILES string of the molecule is CCNc1ccc(C(=O)NC2CCN3CCCC23)cn1. The molecule has 2 aliphatic rings. The molecule has 0 aromatic carbocycles. The molecule has 1 aromatic rings. The Hall–Kier alpha value is -1.62. The molecule has 1 amide bonds. The van der Waals surface area contributed by atoms with Crippen LogP contribution in [0.5, 0.6) is 0 Å². The smallest absolute Gasteiger partial charge is 0.253 e. The van der Waals surface area contributed by atoms with E-state index in [0.717, 1.165) is 25.3 Å². The third-order valence-electron chi connectivity index (χ3n) is 4.31. The Kier molecular flexibility index (Phi) is 3.87. The van der Waals surface area contributed by atoms with E-state index in [9.17, 15) is 4.79 Å². The van der Waals surface area contributed by atoms with Gasteiger partial charge in [-0.15, -0.1) is 0 Å². The van der Waals surface area contributed by atoms with Crippen LogP contribution in [0.2, 0.25) is 0 Å². The summed E-state index contributed by atoms with van der Waals surface area (Å²) in [5.41, 5.74) is 0.642. The van der Waals surface area contributed by atoms with Crippen molar-refractivity contribution in [2.45, 2.75) is 38.3 Å². The van der Waals surface area contributed by atoms with Crippen LogP contribution in [-0.2, 0) is 0 Å². The Bertz CT molecular complexity index is 473. The Morgan fingerprint density at radius 2 is 2.30 bits per heavy atom. The van der Waals surface area contributed by atoms with E-state index in [-0.39, 0.29) is 5.91 Å². The lowest BCUT2D eigenvalue weighted by atomic mass is 10.1. The number of amides is 1. The van der Waals surface area contributed by atoms with E-state index in [2.05, 4.69) is 20.5 Å². The van der Waals surface area contributed by atoms with Gasteiger partial charge in [-0.1, -0.05) is 0 Å². The van der Waals surface area contributed by atoms with Crippen LogP contribution in [0.3, 0.4) is 0 Å². The summed E-state index contributed by atoms with van der Waals surface area (Å²) >= 11 is 0. The molecule has 0 saturated carbocycles. The van der Waals surface area contributed by atoms with Crippen molar-refractivity contribution in [3.63, 3.8) is 0 Å². The maximum absolute atomic E-state index is 12.3. The van der Waals surface area contributed by atoms with Gasteiger partial charge in [-0.2, -0.15) is 0 Å². The van der Waals surface area contributed by atoms with Gasteiger partial charge in [0.1, 0.15) is 5.82 Å². The van der Waals surface area contributed by atoms with Crippen molar-refractivity contribution in [2.75, 3.05) is 25.0 Å². The minimum atomic E-state index is -0.000650. The van der Waals surface area contributed by atoms with Crippen LogP contribution in [0.15, 0.2) is 18.3 Å². The number of anilines is 1. The van der Waals surface area contributed by atoms with Crippen molar-refractivity contribution >= 4 is 11.7 Å². The summed E-state index contributed by atoms with van der Waals surface area (Å²) in [6, 6.07) is 4.54. The highest BCUT2D eigenvalue weighted by Gasteiger charge is 2.37. The lowest BCUT2D eigenvalue weighted by Crippen LogP contribution is -2.42. The van der Waals surface area contributed by atoms with Gasteiger partial charge in [0.25, 0.3) is 5.91 Å². The molecule has 108 valence electrons. The summed E-state index contributed by atoms with van der Waals surface area (Å²) in [7, 11) is 0. The summed E-state index contributed by atoms with van der Waals surface area (Å²) in [5.74, 6) is 0.811. The first-order valence-corrected chi connectivity index (χ1v) is 7.53. The molecule has 2 unspecified atom stereocenters. The second kappa shape index (κ2) is 5.79. The Balaban J connectivity index is 1.61. The largest absolute Gasteiger partial charge is 0.370 e. The molecule has 5 nitrogen and oxygen atoms in total. The molecular weight excluding hydrogens is 252 g/mol. The maximum atomic E-state index is 12.3. The molecule has 2 saturated heterocycles. The molecule has 2 N–H and O–H groups in total. The molecule has 0 aliphatic carbocycles. The first kappa shape index (κ1) is 13.4. The van der Waals surface area contributed by atoms with Gasteiger partial charge in [0, 0.05) is 31.4 Å². The first-order chi connectivity index (χ1) is 9.78. The van der Waals surface area contributed by atoms with Gasteiger partial charge in [-0.3, -0.25) is 9.69 Å². The summed E-state index contributed by atoms with van der Waals surface area (Å²) in [6.07, 6.45) is 5.19. The molecule has 0 bridgehead atoms. The van der Waals surface area contributed by atoms with Gasteiger partial charge in [0.05, 0.1) is 5.56 Å². The minimum Gasteiger partial charge on any atom is -0.370 e. The second-order valence-corrected chi connectivity index (χ2v) is 5.58. The highest BCUT2D eigenvalue weighted by Crippen LogP contribution is 2.28. The number of aromatic nitrogens is 1. The fourth-order valence-corrected chi connectivity index (χ4v) is 3.32. The average molecular weight is 274 g/mol. The van der Waals surface area contributed by atoms with Gasteiger partial charge in [0.2, 0.25) is 0 Å². The number of carbonyl (C=O) groups is 1. The third-order valence-corrected chi connectivity index (χ3v) is 4.31. The van der Waals surface area contributed by atoms with E-state index in [1.807, 2.05) is 19.1 Å². The van der Waals surface area contributed by atoms with Crippen molar-refractivity contribution in [3.05, 3.63) is 23.9 Å². The number of fused-ring (bicyclic) bond motifs is 1. The van der Waals surface area contributed by atoms with Crippen LogP contribution >= 0.6 is 0 Å². The molecule has 1 aromatic heterocycles. The van der Waals surface area contributed by atoms with Crippen molar-refractivity contribution in [2.24, 2.45) is 0 Å². The molecule has 2 atom stereocenters. The van der Waals surface area contributed by atoms with E-state index in [1.54, 1.807) is 6.20 Å². The van der Waals surface area contributed by atoms with Gasteiger partial charge in [0.15, 0.2) is 0 Å². The highest BCUT2D eigenvalue weighted by atomic mass is 16.1. The number of nitrogens with one attached hydrogen (secondary N) is 2. The summed E-state index contributed by atoms with van der Waals surface area (Å²) < 4.78 is 0. The predicted molar refractivity (Wildman–Crippen MR) is 78.9 cm³/mol. The van der Waals surface area contributed by atoms with E-state index in [1.165, 1.54) is 19.4 Å². The zero-order valence-corrected chi connectivity index (χ0v) is 11.9. The molecular formula is C15H22N4O. The van der Waals surface area contributed by atoms with E-state index in [0.29, 0.717) is 17.6 Å². The van der Waals surface area contributed by atoms with Crippen LogP contribution in [0.1, 0.15) is 36.5 Å². The zero-order chi connectivity index (χ0) is 13.9. The summed E-state index contributed by atoms with van der Waals surface area (Å²) in [5, 5.41) is 6.30. The number of rotatable bonds is 4. The van der Waals surface area contributed by atoms with Crippen LogP contribution in [-0.4, -0.2) is 47.5 Å². The van der Waals surface area contributed by atoms with Crippen molar-refractivity contribution in [3.8, 4) is 0 Å². The van der Waals surface area contributed by atoms with E-state index >= 15 is 0 Å². The summed E-state index contributed by atoms with van der Waals surface area (Å²) in [4.78, 5) is 19.0. The Morgan fingerprint density at radius 3 is 3.05 bits per heavy atom. The predicted octanol–water partition coefficient (Wildman–Crippen LogP) is 1.48. The maximum Gasteiger partial charge on any atom is 0.253 e. The number of nitrogens with zero attached hydrogens (tertiary/aromatic N) is 2. The molecule has 2 fully saturated rings. The highest BCUT2D eigenvalue weighted by molar-refractivity contribution is 5.94. The molecule has 2 aliphatic heterocycles. The van der Waals surface area contributed by atoms with Crippen molar-refractivity contribution in [1.82, 2.24) is 15.2 Å². The second-order valence-electron chi connectivity index (χ2n) is 5.58. The van der Waals surface area contributed by atoms with Crippen molar-refractivity contribution < 1.29 is 4.79 Å². The zero-order valence-electron chi connectivity index (χ0n) is 11.9.